The zero-order chi connectivity index (χ0) is 12.3. The number of hydrogen-bond donors (Lipinski definition) is 1. The van der Waals surface area contributed by atoms with Crippen molar-refractivity contribution in [3.05, 3.63) is 58.5 Å². The van der Waals surface area contributed by atoms with Crippen LogP contribution in [0.15, 0.2) is 47.3 Å². The summed E-state index contributed by atoms with van der Waals surface area (Å²) in [5.41, 5.74) is 0.644. The Morgan fingerprint density at radius 1 is 1.18 bits per heavy atom. The maximum absolute atomic E-state index is 12.0. The molecule has 86 valence electrons. The number of para-hydroxylation sites is 1. The van der Waals surface area contributed by atoms with Crippen molar-refractivity contribution in [3.8, 4) is 0 Å². The van der Waals surface area contributed by atoms with Gasteiger partial charge >= 0.3 is 0 Å². The summed E-state index contributed by atoms with van der Waals surface area (Å²) >= 11 is 0. The summed E-state index contributed by atoms with van der Waals surface area (Å²) in [5, 5.41) is 5.93. The third-order valence-electron chi connectivity index (χ3n) is 2.35. The van der Waals surface area contributed by atoms with E-state index in [-0.39, 0.29) is 17.2 Å². The standard InChI is InChI=1S/C12H11N3O2/c1-15(9-5-3-2-4-6-9)12(17)10-7-8-11(16)14-13-10/h2-8H,1H3,(H,14,16). The number of nitrogens with zero attached hydrogens (tertiary/aromatic N) is 2. The largest absolute Gasteiger partial charge is 0.310 e. The molecule has 0 aliphatic heterocycles. The van der Waals surface area contributed by atoms with Crippen LogP contribution in [0.2, 0.25) is 0 Å². The number of aromatic amines is 1. The maximum Gasteiger partial charge on any atom is 0.278 e. The van der Waals surface area contributed by atoms with Crippen LogP contribution in [0.4, 0.5) is 5.69 Å². The summed E-state index contributed by atoms with van der Waals surface area (Å²) in [6.45, 7) is 0. The average molecular weight is 229 g/mol. The minimum Gasteiger partial charge on any atom is -0.310 e. The van der Waals surface area contributed by atoms with E-state index in [1.165, 1.54) is 17.0 Å². The van der Waals surface area contributed by atoms with Crippen LogP contribution in [0.1, 0.15) is 10.5 Å². The smallest absolute Gasteiger partial charge is 0.278 e. The molecule has 1 aromatic carbocycles. The Morgan fingerprint density at radius 3 is 2.47 bits per heavy atom. The summed E-state index contributed by atoms with van der Waals surface area (Å²) < 4.78 is 0. The number of aromatic nitrogens is 2. The summed E-state index contributed by atoms with van der Waals surface area (Å²) in [4.78, 5) is 24.3. The molecule has 0 unspecified atom stereocenters. The second kappa shape index (κ2) is 4.61. The predicted octanol–water partition coefficient (Wildman–Crippen LogP) is 1.05. The number of rotatable bonds is 2. The van der Waals surface area contributed by atoms with Gasteiger partial charge in [-0.2, -0.15) is 5.10 Å². The Balaban J connectivity index is 2.26. The summed E-state index contributed by atoms with van der Waals surface area (Å²) in [6, 6.07) is 11.9. The lowest BCUT2D eigenvalue weighted by Crippen LogP contribution is -2.28. The van der Waals surface area contributed by atoms with Crippen molar-refractivity contribution in [2.75, 3.05) is 11.9 Å². The predicted molar refractivity (Wildman–Crippen MR) is 64.0 cm³/mol. The molecule has 0 aliphatic rings. The zero-order valence-corrected chi connectivity index (χ0v) is 9.25. The SMILES string of the molecule is CN(C(=O)c1ccc(=O)[nH]n1)c1ccccc1. The van der Waals surface area contributed by atoms with Gasteiger partial charge in [0.05, 0.1) is 0 Å². The van der Waals surface area contributed by atoms with Crippen LogP contribution in [0, 0.1) is 0 Å². The molecule has 2 aromatic rings. The Morgan fingerprint density at radius 2 is 1.88 bits per heavy atom. The fourth-order valence-corrected chi connectivity index (χ4v) is 1.40. The van der Waals surface area contributed by atoms with Crippen LogP contribution in [0.5, 0.6) is 0 Å². The van der Waals surface area contributed by atoms with E-state index in [2.05, 4.69) is 10.2 Å². The first-order chi connectivity index (χ1) is 8.18. The monoisotopic (exact) mass is 229 g/mol. The van der Waals surface area contributed by atoms with Gasteiger partial charge in [0.15, 0.2) is 0 Å². The molecule has 0 bridgehead atoms. The highest BCUT2D eigenvalue weighted by Crippen LogP contribution is 2.12. The molecule has 0 saturated carbocycles. The van der Waals surface area contributed by atoms with Crippen LogP contribution in [0.25, 0.3) is 0 Å². The van der Waals surface area contributed by atoms with Gasteiger partial charge < -0.3 is 4.90 Å². The summed E-state index contributed by atoms with van der Waals surface area (Å²) in [7, 11) is 1.66. The van der Waals surface area contributed by atoms with E-state index in [4.69, 9.17) is 0 Å². The number of amides is 1. The number of anilines is 1. The normalized spacial score (nSPS) is 9.94. The van der Waals surface area contributed by atoms with Crippen LogP contribution in [-0.4, -0.2) is 23.2 Å². The molecule has 5 heteroatoms. The number of hydrogen-bond acceptors (Lipinski definition) is 3. The average Bonchev–Trinajstić information content (AvgIpc) is 2.39. The van der Waals surface area contributed by atoms with E-state index in [1.807, 2.05) is 30.3 Å². The lowest BCUT2D eigenvalue weighted by Gasteiger charge is -2.16. The van der Waals surface area contributed by atoms with Crippen molar-refractivity contribution in [1.29, 1.82) is 0 Å². The number of carbonyl (C=O) groups is 1. The van der Waals surface area contributed by atoms with Gasteiger partial charge in [-0.3, -0.25) is 9.59 Å². The quantitative estimate of drug-likeness (QED) is 0.836. The van der Waals surface area contributed by atoms with Crippen molar-refractivity contribution in [2.45, 2.75) is 0 Å². The first-order valence-electron chi connectivity index (χ1n) is 5.07. The van der Waals surface area contributed by atoms with Gasteiger partial charge in [0.1, 0.15) is 5.69 Å². The molecule has 2 rings (SSSR count). The zero-order valence-electron chi connectivity index (χ0n) is 9.25. The van der Waals surface area contributed by atoms with Crippen LogP contribution < -0.4 is 10.5 Å². The minimum atomic E-state index is -0.330. The Kier molecular flexibility index (Phi) is 3.00. The van der Waals surface area contributed by atoms with Crippen LogP contribution in [-0.2, 0) is 0 Å². The molecule has 0 saturated heterocycles. The number of carbonyl (C=O) groups excluding carboxylic acids is 1. The van der Waals surface area contributed by atoms with Crippen LogP contribution in [0.3, 0.4) is 0 Å². The molecule has 17 heavy (non-hydrogen) atoms. The second-order valence-corrected chi connectivity index (χ2v) is 3.51. The summed E-state index contributed by atoms with van der Waals surface area (Å²) in [6.07, 6.45) is 0. The first-order valence-corrected chi connectivity index (χ1v) is 5.07. The van der Waals surface area contributed by atoms with Gasteiger partial charge in [-0.25, -0.2) is 5.10 Å². The molecule has 0 atom stereocenters. The fraction of sp³-hybridized carbons (Fsp3) is 0.0833. The Bertz CT molecular complexity index is 557. The highest BCUT2D eigenvalue weighted by atomic mass is 16.2. The molecule has 5 nitrogen and oxygen atoms in total. The van der Waals surface area contributed by atoms with Crippen molar-refractivity contribution in [2.24, 2.45) is 0 Å². The third-order valence-corrected chi connectivity index (χ3v) is 2.35. The van der Waals surface area contributed by atoms with Gasteiger partial charge in [-0.15, -0.1) is 0 Å². The van der Waals surface area contributed by atoms with E-state index >= 15 is 0 Å². The second-order valence-electron chi connectivity index (χ2n) is 3.51. The molecule has 0 spiro atoms. The van der Waals surface area contributed by atoms with Crippen molar-refractivity contribution in [1.82, 2.24) is 10.2 Å². The van der Waals surface area contributed by atoms with E-state index < -0.39 is 0 Å². The number of nitrogens with one attached hydrogen (secondary N) is 1. The molecular formula is C12H11N3O2. The minimum absolute atomic E-state index is 0.205. The maximum atomic E-state index is 12.0. The molecule has 0 aliphatic carbocycles. The Labute approximate surface area is 97.7 Å². The van der Waals surface area contributed by atoms with E-state index in [9.17, 15) is 9.59 Å². The number of benzene rings is 1. The molecule has 0 radical (unpaired) electrons. The topological polar surface area (TPSA) is 66.1 Å². The van der Waals surface area contributed by atoms with Gasteiger partial charge in [-0.1, -0.05) is 18.2 Å². The lowest BCUT2D eigenvalue weighted by atomic mass is 10.2. The van der Waals surface area contributed by atoms with Crippen molar-refractivity contribution in [3.63, 3.8) is 0 Å². The van der Waals surface area contributed by atoms with Gasteiger partial charge in [0, 0.05) is 18.8 Å². The molecule has 1 amide bonds. The fourth-order valence-electron chi connectivity index (χ4n) is 1.40. The van der Waals surface area contributed by atoms with Gasteiger partial charge in [-0.05, 0) is 18.2 Å². The van der Waals surface area contributed by atoms with E-state index in [0.29, 0.717) is 0 Å². The van der Waals surface area contributed by atoms with Gasteiger partial charge in [0.25, 0.3) is 11.5 Å². The van der Waals surface area contributed by atoms with E-state index in [0.717, 1.165) is 5.69 Å². The summed E-state index contributed by atoms with van der Waals surface area (Å²) in [5.74, 6) is -0.271. The molecular weight excluding hydrogens is 218 g/mol. The lowest BCUT2D eigenvalue weighted by molar-refractivity contribution is 0.0987. The molecule has 1 aromatic heterocycles. The van der Waals surface area contributed by atoms with Crippen LogP contribution >= 0.6 is 0 Å². The third kappa shape index (κ3) is 2.39. The van der Waals surface area contributed by atoms with Gasteiger partial charge in [0.2, 0.25) is 0 Å². The highest BCUT2D eigenvalue weighted by Gasteiger charge is 2.14. The number of H-pyrrole nitrogens is 1. The first kappa shape index (κ1) is 11.1. The highest BCUT2D eigenvalue weighted by molar-refractivity contribution is 6.04. The molecule has 1 N–H and O–H groups in total. The molecule has 1 heterocycles. The van der Waals surface area contributed by atoms with E-state index in [1.54, 1.807) is 7.05 Å². The van der Waals surface area contributed by atoms with Crippen molar-refractivity contribution < 1.29 is 4.79 Å². The van der Waals surface area contributed by atoms with Crippen molar-refractivity contribution >= 4 is 11.6 Å². The molecule has 0 fully saturated rings. The Hall–Kier alpha value is -2.43.